The van der Waals surface area contributed by atoms with Crippen LogP contribution in [0, 0.1) is 5.41 Å². The molecule has 5 rings (SSSR count). The Hall–Kier alpha value is -3.65. The lowest BCUT2D eigenvalue weighted by Gasteiger charge is -2.28. The maximum Gasteiger partial charge on any atom is 0.416 e. The molecule has 10 nitrogen and oxygen atoms in total. The van der Waals surface area contributed by atoms with Crippen molar-refractivity contribution in [1.29, 1.82) is 5.41 Å². The molecule has 0 spiro atoms. The smallest absolute Gasteiger partial charge is 0.416 e. The highest BCUT2D eigenvalue weighted by atomic mass is 35.5. The molecule has 5 N–H and O–H groups in total. The van der Waals surface area contributed by atoms with Crippen LogP contribution < -0.4 is 25.4 Å². The van der Waals surface area contributed by atoms with Gasteiger partial charge in [-0.2, -0.15) is 18.2 Å². The van der Waals surface area contributed by atoms with Gasteiger partial charge in [0.1, 0.15) is 28.6 Å². The van der Waals surface area contributed by atoms with Crippen LogP contribution in [0.25, 0.3) is 11.2 Å². The molecule has 1 aromatic carbocycles. The van der Waals surface area contributed by atoms with E-state index in [1.54, 1.807) is 18.6 Å². The van der Waals surface area contributed by atoms with Crippen molar-refractivity contribution >= 4 is 57.4 Å². The summed E-state index contributed by atoms with van der Waals surface area (Å²) >= 11 is 12.7. The van der Waals surface area contributed by atoms with Crippen LogP contribution in [0.4, 0.5) is 24.8 Å². The number of hydrogen-bond donors (Lipinski definition) is 4. The number of nitrogens with one attached hydrogen (secondary N) is 3. The van der Waals surface area contributed by atoms with Gasteiger partial charge in [-0.3, -0.25) is 5.32 Å². The van der Waals surface area contributed by atoms with Gasteiger partial charge in [-0.15, -0.1) is 0 Å². The first kappa shape index (κ1) is 26.0. The second-order valence-electron chi connectivity index (χ2n) is 8.32. The lowest BCUT2D eigenvalue weighted by atomic mass is 10.1. The van der Waals surface area contributed by atoms with Gasteiger partial charge in [0.15, 0.2) is 16.6 Å². The second-order valence-corrected chi connectivity index (χ2v) is 9.06. The van der Waals surface area contributed by atoms with Crippen LogP contribution in [0.2, 0.25) is 5.02 Å². The van der Waals surface area contributed by atoms with Gasteiger partial charge in [0.2, 0.25) is 17.4 Å². The Bertz CT molecular complexity index is 1510. The van der Waals surface area contributed by atoms with Crippen LogP contribution in [-0.2, 0) is 13.2 Å². The number of quaternary nitrogens is 1. The number of fused-ring (bicyclic) bond motifs is 1. The van der Waals surface area contributed by atoms with E-state index in [2.05, 4.69) is 25.6 Å². The number of alkyl halides is 3. The van der Waals surface area contributed by atoms with E-state index >= 15 is 0 Å². The van der Waals surface area contributed by atoms with Gasteiger partial charge in [-0.25, -0.2) is 9.98 Å². The van der Waals surface area contributed by atoms with Gasteiger partial charge >= 0.3 is 6.18 Å². The number of benzene rings is 1. The third kappa shape index (κ3) is 5.18. The Kier molecular flexibility index (Phi) is 7.01. The molecule has 38 heavy (non-hydrogen) atoms. The van der Waals surface area contributed by atoms with Gasteiger partial charge in [0, 0.05) is 31.9 Å². The van der Waals surface area contributed by atoms with E-state index in [0.29, 0.717) is 24.3 Å². The molecule has 4 heterocycles. The van der Waals surface area contributed by atoms with Gasteiger partial charge < -0.3 is 30.1 Å². The summed E-state index contributed by atoms with van der Waals surface area (Å²) in [5, 5.41) is 15.5. The van der Waals surface area contributed by atoms with E-state index in [-0.39, 0.29) is 50.8 Å². The average Bonchev–Trinajstić information content (AvgIpc) is 3.16. The number of allylic oxidation sites excluding steroid dienone is 2. The maximum atomic E-state index is 13.6. The number of rotatable bonds is 7. The standard InChI is InChI=1S/C23H19Cl2F3N8O2/c1-36-19-17(24)16(38-15(7-29)18-20(25)32-3-2-31-18)10-33-21(19)35-22(36)34-12-4-11(23(26,27)28)5-13(6-12)37-14-8-30-9-14/h2-7,10,14,29-31H,8-9H2,1H3,(H,33,34,35)/p+1/b18-15+,29-7?. The number of aryl methyl sites for hydroxylation is 1. The first-order chi connectivity index (χ1) is 18.1. The van der Waals surface area contributed by atoms with Crippen molar-refractivity contribution in [2.24, 2.45) is 12.0 Å². The molecule has 2 aliphatic heterocycles. The zero-order valence-corrected chi connectivity index (χ0v) is 21.1. The highest BCUT2D eigenvalue weighted by Gasteiger charge is 2.32. The molecular weight excluding hydrogens is 548 g/mol. The fourth-order valence-corrected chi connectivity index (χ4v) is 4.23. The number of aromatic nitrogens is 3. The summed E-state index contributed by atoms with van der Waals surface area (Å²) in [6, 6.07) is 3.41. The van der Waals surface area contributed by atoms with Gasteiger partial charge in [0.25, 0.3) is 0 Å². The van der Waals surface area contributed by atoms with E-state index in [9.17, 15) is 13.2 Å². The zero-order valence-electron chi connectivity index (χ0n) is 19.6. The number of pyridine rings is 1. The molecule has 2 aliphatic rings. The maximum absolute atomic E-state index is 13.6. The fourth-order valence-electron chi connectivity index (χ4n) is 3.72. The van der Waals surface area contributed by atoms with Crippen LogP contribution >= 0.6 is 23.2 Å². The molecule has 15 heteroatoms. The lowest BCUT2D eigenvalue weighted by molar-refractivity contribution is -0.528. The molecule has 0 radical (unpaired) electrons. The molecule has 2 aromatic heterocycles. The molecule has 1 saturated heterocycles. The van der Waals surface area contributed by atoms with E-state index in [0.717, 1.165) is 18.3 Å². The SMILES string of the molecule is Cn1c(Nc2cc(OC3CNC3)cc(C(F)(F)F)c2)nc2ncc(O/C(C=N)=C3/[NH2+]C=CN=C3Cl)c(Cl)c21. The molecule has 0 amide bonds. The lowest BCUT2D eigenvalue weighted by Crippen LogP contribution is -2.78. The second kappa shape index (κ2) is 10.3. The first-order valence-corrected chi connectivity index (χ1v) is 11.9. The van der Waals surface area contributed by atoms with E-state index < -0.39 is 11.7 Å². The third-order valence-corrected chi connectivity index (χ3v) is 6.38. The minimum atomic E-state index is -4.57. The normalized spacial score (nSPS) is 17.2. The monoisotopic (exact) mass is 567 g/mol. The number of ether oxygens (including phenoxy) is 2. The minimum Gasteiger partial charge on any atom is -0.488 e. The number of imidazole rings is 1. The highest BCUT2D eigenvalue weighted by Crippen LogP contribution is 2.37. The predicted molar refractivity (Wildman–Crippen MR) is 136 cm³/mol. The summed E-state index contributed by atoms with van der Waals surface area (Å²) in [5.41, 5.74) is 0.232. The van der Waals surface area contributed by atoms with Crippen LogP contribution in [0.1, 0.15) is 5.56 Å². The average molecular weight is 568 g/mol. The molecule has 0 aliphatic carbocycles. The number of aliphatic imine (C=N–C) groups is 1. The molecule has 0 atom stereocenters. The van der Waals surface area contributed by atoms with Crippen LogP contribution in [0.3, 0.4) is 0 Å². The van der Waals surface area contributed by atoms with E-state index in [1.807, 2.05) is 0 Å². The Morgan fingerprint density at radius 3 is 2.74 bits per heavy atom. The first-order valence-electron chi connectivity index (χ1n) is 11.2. The van der Waals surface area contributed by atoms with Crippen molar-refractivity contribution in [2.45, 2.75) is 12.3 Å². The number of hydrogen-bond acceptors (Lipinski definition) is 8. The van der Waals surface area contributed by atoms with Crippen molar-refractivity contribution in [3.05, 3.63) is 58.8 Å². The Morgan fingerprint density at radius 1 is 1.29 bits per heavy atom. The number of nitrogens with two attached hydrogens (primary N) is 1. The molecule has 0 bridgehead atoms. The van der Waals surface area contributed by atoms with Gasteiger partial charge in [0.05, 0.1) is 24.2 Å². The van der Waals surface area contributed by atoms with Crippen LogP contribution in [-0.4, -0.2) is 45.1 Å². The van der Waals surface area contributed by atoms with Crippen LogP contribution in [0.5, 0.6) is 11.5 Å². The summed E-state index contributed by atoms with van der Waals surface area (Å²) in [6.07, 6.45) is 0.668. The summed E-state index contributed by atoms with van der Waals surface area (Å²) < 4.78 is 53.7. The number of nitrogens with zero attached hydrogens (tertiary/aromatic N) is 4. The number of anilines is 2. The highest BCUT2D eigenvalue weighted by molar-refractivity contribution is 6.69. The van der Waals surface area contributed by atoms with Crippen molar-refractivity contribution in [3.63, 3.8) is 0 Å². The van der Waals surface area contributed by atoms with Crippen molar-refractivity contribution in [1.82, 2.24) is 19.9 Å². The predicted octanol–water partition coefficient (Wildman–Crippen LogP) is 3.66. The molecule has 0 unspecified atom stereocenters. The quantitative estimate of drug-likeness (QED) is 0.255. The third-order valence-electron chi connectivity index (χ3n) is 5.72. The minimum absolute atomic E-state index is 0.0863. The molecular formula is C23H20Cl2F3N8O2+. The largest absolute Gasteiger partial charge is 0.488 e. The molecule has 198 valence electrons. The van der Waals surface area contributed by atoms with Gasteiger partial charge in [-0.1, -0.05) is 23.2 Å². The van der Waals surface area contributed by atoms with Crippen molar-refractivity contribution in [2.75, 3.05) is 18.4 Å². The Labute approximate surface area is 223 Å². The molecule has 0 saturated carbocycles. The topological polar surface area (TPSA) is 126 Å². The summed E-state index contributed by atoms with van der Waals surface area (Å²) in [7, 11) is 1.62. The van der Waals surface area contributed by atoms with Crippen molar-refractivity contribution in [3.8, 4) is 11.5 Å². The summed E-state index contributed by atoms with van der Waals surface area (Å²) in [4.78, 5) is 12.6. The molecule has 1 fully saturated rings. The number of halogens is 5. The van der Waals surface area contributed by atoms with E-state index in [4.69, 9.17) is 38.1 Å². The Balaban J connectivity index is 1.48. The Morgan fingerprint density at radius 2 is 2.08 bits per heavy atom. The zero-order chi connectivity index (χ0) is 27.0. The van der Waals surface area contributed by atoms with Crippen molar-refractivity contribution < 1.29 is 28.0 Å². The summed E-state index contributed by atoms with van der Waals surface area (Å²) in [6.45, 7) is 1.12. The molecule has 3 aromatic rings. The van der Waals surface area contributed by atoms with Gasteiger partial charge in [-0.05, 0) is 12.1 Å². The summed E-state index contributed by atoms with van der Waals surface area (Å²) in [5.74, 6) is 0.484. The fraction of sp³-hybridized carbons (Fsp3) is 0.217. The van der Waals surface area contributed by atoms with E-state index in [1.165, 1.54) is 23.0 Å². The van der Waals surface area contributed by atoms with Crippen LogP contribution in [0.15, 0.2) is 53.2 Å².